The van der Waals surface area contributed by atoms with E-state index in [1.807, 2.05) is 41.5 Å². The summed E-state index contributed by atoms with van der Waals surface area (Å²) in [6.07, 6.45) is 0. The molecule has 3 aromatic carbocycles. The molecule has 0 N–H and O–H groups in total. The molecule has 42 heavy (non-hydrogen) atoms. The van der Waals surface area contributed by atoms with E-state index in [0.29, 0.717) is 52.3 Å². The Morgan fingerprint density at radius 2 is 0.714 bits per heavy atom. The van der Waals surface area contributed by atoms with E-state index in [9.17, 15) is 14.4 Å². The Morgan fingerprint density at radius 3 is 0.905 bits per heavy atom. The molecule has 9 heteroatoms. The standard InChI is InChI=1S/C33H36Cl3N3O3/c1-19(2)16-37-22-7-10-26(28(34)13-22)32(41)39(18-21(5)6)24-9-12-27(30(36)15-24)33(42)38(17-20(3)4)23-8-11-25(31(37)40)29(35)14-23/h7-15,19-21H,16-18H2,1-6H3. The smallest absolute Gasteiger partial charge is 0.259 e. The largest absolute Gasteiger partial charge is 0.308 e. The minimum absolute atomic E-state index is 0.137. The predicted octanol–water partition coefficient (Wildman–Crippen LogP) is 8.25. The van der Waals surface area contributed by atoms with Crippen LogP contribution in [-0.4, -0.2) is 13.7 Å². The molecule has 4 aromatic heterocycles. The molecule has 0 fully saturated rings. The van der Waals surface area contributed by atoms with Crippen LogP contribution in [0.2, 0.25) is 15.1 Å². The molecule has 6 bridgehead atoms. The van der Waals surface area contributed by atoms with Gasteiger partial charge in [-0.05, 0) is 72.4 Å². The van der Waals surface area contributed by atoms with Crippen LogP contribution in [0.4, 0.5) is 0 Å². The molecule has 0 saturated carbocycles. The van der Waals surface area contributed by atoms with Crippen molar-refractivity contribution >= 4 is 67.5 Å². The summed E-state index contributed by atoms with van der Waals surface area (Å²) in [6.45, 7) is 13.3. The second-order valence-electron chi connectivity index (χ2n) is 11.9. The van der Waals surface area contributed by atoms with Crippen molar-refractivity contribution in [3.8, 4) is 0 Å². The summed E-state index contributed by atoms with van der Waals surface area (Å²) in [5.74, 6) is 0.411. The van der Waals surface area contributed by atoms with E-state index in [0.717, 1.165) is 0 Å². The molecular formula is C33H36Cl3N3O3. The summed E-state index contributed by atoms with van der Waals surface area (Å²) < 4.78 is 4.86. The number of benzene rings is 3. The molecule has 0 aliphatic carbocycles. The lowest BCUT2D eigenvalue weighted by Gasteiger charge is -2.13. The van der Waals surface area contributed by atoms with Crippen LogP contribution >= 0.6 is 34.8 Å². The van der Waals surface area contributed by atoms with Gasteiger partial charge in [-0.3, -0.25) is 14.4 Å². The number of nitrogens with zero attached hydrogens (tertiary/aromatic N) is 3. The van der Waals surface area contributed by atoms with Gasteiger partial charge >= 0.3 is 0 Å². The Morgan fingerprint density at radius 1 is 0.476 bits per heavy atom. The van der Waals surface area contributed by atoms with Gasteiger partial charge in [0.1, 0.15) is 0 Å². The van der Waals surface area contributed by atoms with Crippen molar-refractivity contribution in [3.63, 3.8) is 0 Å². The van der Waals surface area contributed by atoms with Gasteiger partial charge in [0.05, 0.1) is 31.2 Å². The normalized spacial score (nSPS) is 11.7. The molecule has 7 aromatic rings. The summed E-state index contributed by atoms with van der Waals surface area (Å²) in [6, 6.07) is 15.1. The van der Waals surface area contributed by atoms with E-state index < -0.39 is 0 Å². The van der Waals surface area contributed by atoms with Crippen LogP contribution < -0.4 is 16.7 Å². The van der Waals surface area contributed by atoms with Gasteiger partial charge in [0.2, 0.25) is 0 Å². The van der Waals surface area contributed by atoms with Gasteiger partial charge in [-0.2, -0.15) is 0 Å². The zero-order valence-electron chi connectivity index (χ0n) is 24.7. The molecule has 4 heterocycles. The highest BCUT2D eigenvalue weighted by molar-refractivity contribution is 6.35. The van der Waals surface area contributed by atoms with Gasteiger partial charge in [-0.15, -0.1) is 0 Å². The Bertz CT molecular complexity index is 1730. The number of fused-ring (bicyclic) bond motifs is 3. The number of aromatic nitrogens is 3. The number of rotatable bonds is 6. The lowest BCUT2D eigenvalue weighted by atomic mass is 10.1. The second-order valence-corrected chi connectivity index (χ2v) is 13.1. The molecule has 7 rings (SSSR count). The van der Waals surface area contributed by atoms with Crippen molar-refractivity contribution in [2.24, 2.45) is 17.8 Å². The first kappa shape index (κ1) is 31.9. The van der Waals surface area contributed by atoms with Crippen LogP contribution in [-0.2, 0) is 19.6 Å². The van der Waals surface area contributed by atoms with Crippen LogP contribution in [0.1, 0.15) is 41.5 Å². The van der Waals surface area contributed by atoms with Gasteiger partial charge < -0.3 is 13.7 Å². The molecule has 0 radical (unpaired) electrons. The van der Waals surface area contributed by atoms with Crippen molar-refractivity contribution in [1.82, 2.24) is 13.7 Å². The molecule has 0 aliphatic rings. The molecule has 0 unspecified atom stereocenters. The van der Waals surface area contributed by atoms with Crippen molar-refractivity contribution in [1.29, 1.82) is 0 Å². The minimum atomic E-state index is -0.308. The van der Waals surface area contributed by atoms with E-state index in [1.165, 1.54) is 0 Å². The minimum Gasteiger partial charge on any atom is -0.308 e. The lowest BCUT2D eigenvalue weighted by molar-refractivity contribution is 0.524. The zero-order valence-corrected chi connectivity index (χ0v) is 27.0. The fourth-order valence-electron chi connectivity index (χ4n) is 4.98. The van der Waals surface area contributed by atoms with E-state index in [4.69, 9.17) is 34.8 Å². The number of hydrogen-bond donors (Lipinski definition) is 0. The van der Waals surface area contributed by atoms with Crippen molar-refractivity contribution in [2.45, 2.75) is 61.2 Å². The van der Waals surface area contributed by atoms with Crippen LogP contribution in [0, 0.1) is 17.8 Å². The third-order valence-electron chi connectivity index (χ3n) is 6.86. The van der Waals surface area contributed by atoms with Crippen molar-refractivity contribution < 1.29 is 0 Å². The van der Waals surface area contributed by atoms with Crippen molar-refractivity contribution in [2.75, 3.05) is 0 Å². The first-order chi connectivity index (χ1) is 19.8. The highest BCUT2D eigenvalue weighted by Gasteiger charge is 2.12. The molecular weight excluding hydrogens is 593 g/mol. The molecule has 222 valence electrons. The molecule has 6 nitrogen and oxygen atoms in total. The summed E-state index contributed by atoms with van der Waals surface area (Å²) in [7, 11) is 0. The highest BCUT2D eigenvalue weighted by Crippen LogP contribution is 2.22. The molecule has 0 aliphatic heterocycles. The second kappa shape index (κ2) is 13.1. The van der Waals surface area contributed by atoms with Gasteiger partial charge in [0.15, 0.2) is 0 Å². The first-order valence-corrected chi connectivity index (χ1v) is 15.3. The maximum atomic E-state index is 13.9. The van der Waals surface area contributed by atoms with E-state index in [2.05, 4.69) is 0 Å². The van der Waals surface area contributed by atoms with E-state index >= 15 is 0 Å². The van der Waals surface area contributed by atoms with Crippen molar-refractivity contribution in [3.05, 3.63) is 101 Å². The van der Waals surface area contributed by atoms with Crippen LogP contribution in [0.25, 0.3) is 32.7 Å². The van der Waals surface area contributed by atoms with Crippen LogP contribution in [0.3, 0.4) is 0 Å². The van der Waals surface area contributed by atoms with Crippen LogP contribution in [0.5, 0.6) is 0 Å². The topological polar surface area (TPSA) is 66.0 Å². The predicted molar refractivity (Wildman–Crippen MR) is 178 cm³/mol. The van der Waals surface area contributed by atoms with Gasteiger partial charge in [-0.25, -0.2) is 0 Å². The van der Waals surface area contributed by atoms with Gasteiger partial charge in [0.25, 0.3) is 16.7 Å². The summed E-state index contributed by atoms with van der Waals surface area (Å²) in [5, 5.41) is 1.54. The van der Waals surface area contributed by atoms with Gasteiger partial charge in [-0.1, -0.05) is 76.3 Å². The summed E-state index contributed by atoms with van der Waals surface area (Å²) in [4.78, 5) is 41.7. The molecule has 0 amide bonds. The van der Waals surface area contributed by atoms with E-state index in [1.54, 1.807) is 68.3 Å². The van der Waals surface area contributed by atoms with E-state index in [-0.39, 0.29) is 49.5 Å². The summed E-state index contributed by atoms with van der Waals surface area (Å²) >= 11 is 20.2. The fourth-order valence-corrected chi connectivity index (χ4v) is 5.75. The lowest BCUT2D eigenvalue weighted by Crippen LogP contribution is -2.24. The Hall–Kier alpha value is -3.06. The Kier molecular flexibility index (Phi) is 9.92. The third-order valence-corrected chi connectivity index (χ3v) is 7.80. The number of hydrogen-bond acceptors (Lipinski definition) is 3. The maximum Gasteiger partial charge on any atom is 0.259 e. The highest BCUT2D eigenvalue weighted by atomic mass is 35.5. The Labute approximate surface area is 260 Å². The Balaban J connectivity index is 2.35. The monoisotopic (exact) mass is 627 g/mol. The fraction of sp³-hybridized carbons (Fsp3) is 0.364. The quantitative estimate of drug-likeness (QED) is 0.216. The van der Waals surface area contributed by atoms with Crippen LogP contribution in [0.15, 0.2) is 69.0 Å². The zero-order chi connectivity index (χ0) is 30.9. The average molecular weight is 629 g/mol. The maximum absolute atomic E-state index is 13.9. The summed E-state index contributed by atoms with van der Waals surface area (Å²) in [5.41, 5.74) is 0.732. The number of halogens is 3. The molecule has 0 atom stereocenters. The third kappa shape index (κ3) is 6.77. The SMILES string of the molecule is CC(C)Cn1c(=O)c2ccc(cc2Cl)n(CC(C)C)c(=O)c2ccc(cc2Cl)n(CC(C)C)c(=O)c2ccc1cc2Cl. The molecule has 0 saturated heterocycles. The van der Waals surface area contributed by atoms with Gasteiger partial charge in [0, 0.05) is 36.2 Å². The average Bonchev–Trinajstić information content (AvgIpc) is 2.91. The first-order valence-electron chi connectivity index (χ1n) is 14.1. The molecule has 0 spiro atoms.